The van der Waals surface area contributed by atoms with Crippen LogP contribution in [0.4, 0.5) is 14.9 Å². The van der Waals surface area contributed by atoms with Gasteiger partial charge in [0.15, 0.2) is 11.2 Å². The maximum atomic E-state index is 14.9. The van der Waals surface area contributed by atoms with E-state index in [1.807, 2.05) is 12.1 Å². The van der Waals surface area contributed by atoms with Gasteiger partial charge in [-0.05, 0) is 84.9 Å². The number of hydrogen-bond acceptors (Lipinski definition) is 7. The minimum Gasteiger partial charge on any atom is -0.456 e. The first-order valence-corrected chi connectivity index (χ1v) is 14.3. The number of benzene rings is 3. The van der Waals surface area contributed by atoms with E-state index in [9.17, 15) is 18.8 Å². The minimum absolute atomic E-state index is 0. The molecule has 0 aliphatic carbocycles. The zero-order valence-electron chi connectivity index (χ0n) is 25.8. The molecular weight excluding hydrogens is 563 g/mol. The molecule has 1 N–H and O–H groups in total. The van der Waals surface area contributed by atoms with E-state index in [1.165, 1.54) is 16.7 Å². The molecule has 0 aliphatic heterocycles. The van der Waals surface area contributed by atoms with E-state index in [0.29, 0.717) is 28.0 Å². The third-order valence-electron chi connectivity index (χ3n) is 6.75. The number of nitrogens with zero attached hydrogens (tertiary/aromatic N) is 1. The summed E-state index contributed by atoms with van der Waals surface area (Å²) >= 11 is 0. The second-order valence-corrected chi connectivity index (χ2v) is 12.7. The Kier molecular flexibility index (Phi) is 7.84. The van der Waals surface area contributed by atoms with Gasteiger partial charge in [-0.1, -0.05) is 30.3 Å². The van der Waals surface area contributed by atoms with Gasteiger partial charge in [-0.2, -0.15) is 0 Å². The summed E-state index contributed by atoms with van der Waals surface area (Å²) in [6, 6.07) is 18.9. The average Bonchev–Trinajstić information content (AvgIpc) is 3.31. The molecule has 1 unspecified atom stereocenters. The van der Waals surface area contributed by atoms with Gasteiger partial charge >= 0.3 is 12.1 Å². The van der Waals surface area contributed by atoms with Gasteiger partial charge in [0.25, 0.3) is 0 Å². The van der Waals surface area contributed by atoms with E-state index in [0.717, 1.165) is 11.5 Å². The molecule has 0 aliphatic rings. The molecule has 5 aromatic rings. The van der Waals surface area contributed by atoms with Crippen LogP contribution in [0.1, 0.15) is 71.9 Å². The predicted octanol–water partition coefficient (Wildman–Crippen LogP) is 8.71. The molecule has 9 heteroatoms. The summed E-state index contributed by atoms with van der Waals surface area (Å²) in [6.45, 7) is 12.4. The van der Waals surface area contributed by atoms with Crippen molar-refractivity contribution >= 4 is 39.6 Å². The summed E-state index contributed by atoms with van der Waals surface area (Å²) in [5, 5.41) is 4.04. The van der Waals surface area contributed by atoms with Crippen molar-refractivity contribution in [2.75, 3.05) is 5.32 Å². The van der Waals surface area contributed by atoms with Crippen molar-refractivity contribution in [2.45, 2.75) is 65.7 Å². The molecule has 3 aromatic carbocycles. The van der Waals surface area contributed by atoms with E-state index in [-0.39, 0.29) is 18.2 Å². The lowest BCUT2D eigenvalue weighted by atomic mass is 10.0. The standard InChI is InChI=1S/C35H35FN2O6.H2/c1-20(37-26-14-10-9-13-23(26)32(40)43-34(2,3)4)24-17-22(36)18-25-29(39)19-30(42-31(24)25)28-16-21-12-8-11-15-27(21)38(28)33(41)44-35(5,6)7;/h8-20,37H,1-7H3;1H. The Balaban J connectivity index is 0.00000461. The Morgan fingerprint density at radius 1 is 0.909 bits per heavy atom. The molecule has 0 bridgehead atoms. The van der Waals surface area contributed by atoms with Gasteiger partial charge in [0.1, 0.15) is 22.6 Å². The number of para-hydroxylation sites is 2. The molecule has 0 amide bonds. The average molecular weight is 601 g/mol. The first-order valence-electron chi connectivity index (χ1n) is 14.3. The third kappa shape index (κ3) is 6.37. The molecular formula is C35H37FN2O6. The Morgan fingerprint density at radius 3 is 2.27 bits per heavy atom. The van der Waals surface area contributed by atoms with Crippen LogP contribution >= 0.6 is 0 Å². The molecule has 2 heterocycles. The number of esters is 1. The van der Waals surface area contributed by atoms with Crippen LogP contribution in [0.3, 0.4) is 0 Å². The second kappa shape index (κ2) is 11.3. The van der Waals surface area contributed by atoms with E-state index in [1.54, 1.807) is 90.9 Å². The Bertz CT molecular complexity index is 1970. The number of aromatic nitrogens is 1. The van der Waals surface area contributed by atoms with Gasteiger partial charge < -0.3 is 19.2 Å². The summed E-state index contributed by atoms with van der Waals surface area (Å²) in [6.07, 6.45) is -0.635. The molecule has 1 atom stereocenters. The van der Waals surface area contributed by atoms with Gasteiger partial charge in [-0.15, -0.1) is 0 Å². The molecule has 0 saturated carbocycles. The Hall–Kier alpha value is -4.92. The number of carbonyl (C=O) groups excluding carboxylic acids is 2. The van der Waals surface area contributed by atoms with E-state index in [2.05, 4.69) is 5.32 Å². The lowest BCUT2D eigenvalue weighted by Crippen LogP contribution is -2.27. The topological polar surface area (TPSA) is 99.8 Å². The van der Waals surface area contributed by atoms with Crippen molar-refractivity contribution in [3.63, 3.8) is 0 Å². The number of anilines is 1. The predicted molar refractivity (Wildman–Crippen MR) is 171 cm³/mol. The number of nitrogens with one attached hydrogen (secondary N) is 1. The SMILES string of the molecule is CC(Nc1ccccc1C(=O)OC(C)(C)C)c1cc(F)cc2c(=O)cc(-c3cc4ccccc4n3C(=O)OC(C)(C)C)oc12.[HH]. The van der Waals surface area contributed by atoms with Gasteiger partial charge in [0.05, 0.1) is 28.2 Å². The molecule has 0 radical (unpaired) electrons. The quantitative estimate of drug-likeness (QED) is 0.201. The highest BCUT2D eigenvalue weighted by molar-refractivity contribution is 5.97. The Morgan fingerprint density at radius 2 is 1.57 bits per heavy atom. The summed E-state index contributed by atoms with van der Waals surface area (Å²) in [5.74, 6) is -1.02. The molecule has 5 rings (SSSR count). The number of fused-ring (bicyclic) bond motifs is 2. The van der Waals surface area contributed by atoms with Gasteiger partial charge in [0.2, 0.25) is 0 Å². The van der Waals surface area contributed by atoms with Crippen LogP contribution in [0.5, 0.6) is 0 Å². The number of hydrogen-bond donors (Lipinski definition) is 1. The first kappa shape index (κ1) is 30.5. The fourth-order valence-electron chi connectivity index (χ4n) is 4.97. The normalized spacial score (nSPS) is 12.7. The summed E-state index contributed by atoms with van der Waals surface area (Å²) in [7, 11) is 0. The molecule has 2 aromatic heterocycles. The van der Waals surface area contributed by atoms with Crippen LogP contribution in [0, 0.1) is 5.82 Å². The van der Waals surface area contributed by atoms with Crippen molar-refractivity contribution in [3.8, 4) is 11.5 Å². The number of ether oxygens (including phenoxy) is 2. The van der Waals surface area contributed by atoms with Crippen LogP contribution < -0.4 is 10.7 Å². The van der Waals surface area contributed by atoms with E-state index >= 15 is 0 Å². The van der Waals surface area contributed by atoms with Crippen molar-refractivity contribution in [2.24, 2.45) is 0 Å². The summed E-state index contributed by atoms with van der Waals surface area (Å²) in [4.78, 5) is 39.8. The molecule has 230 valence electrons. The van der Waals surface area contributed by atoms with E-state index < -0.39 is 40.6 Å². The monoisotopic (exact) mass is 600 g/mol. The smallest absolute Gasteiger partial charge is 0.419 e. The fraction of sp³-hybridized carbons (Fsp3) is 0.286. The van der Waals surface area contributed by atoms with Crippen LogP contribution in [0.15, 0.2) is 82.0 Å². The number of carbonyl (C=O) groups is 2. The van der Waals surface area contributed by atoms with Gasteiger partial charge in [0, 0.05) is 24.1 Å². The lowest BCUT2D eigenvalue weighted by Gasteiger charge is -2.23. The van der Waals surface area contributed by atoms with Crippen LogP contribution in [0.2, 0.25) is 0 Å². The van der Waals surface area contributed by atoms with Crippen LogP contribution in [-0.2, 0) is 9.47 Å². The maximum Gasteiger partial charge on any atom is 0.419 e. The number of halogens is 1. The molecule has 0 spiro atoms. The van der Waals surface area contributed by atoms with E-state index in [4.69, 9.17) is 13.9 Å². The number of rotatable bonds is 5. The largest absolute Gasteiger partial charge is 0.456 e. The molecule has 0 fully saturated rings. The highest BCUT2D eigenvalue weighted by Crippen LogP contribution is 2.34. The van der Waals surface area contributed by atoms with Crippen molar-refractivity contribution in [1.29, 1.82) is 0 Å². The minimum atomic E-state index is -0.772. The Labute approximate surface area is 255 Å². The zero-order valence-corrected chi connectivity index (χ0v) is 25.8. The van der Waals surface area contributed by atoms with Crippen molar-refractivity contribution < 1.29 is 29.3 Å². The summed E-state index contributed by atoms with van der Waals surface area (Å²) in [5.41, 5.74) is 0.195. The van der Waals surface area contributed by atoms with Crippen molar-refractivity contribution in [1.82, 2.24) is 4.57 Å². The zero-order chi connectivity index (χ0) is 32.0. The first-order chi connectivity index (χ1) is 20.6. The van der Waals surface area contributed by atoms with Crippen molar-refractivity contribution in [3.05, 3.63) is 100.0 Å². The lowest BCUT2D eigenvalue weighted by molar-refractivity contribution is 0.00703. The fourth-order valence-corrected chi connectivity index (χ4v) is 4.97. The summed E-state index contributed by atoms with van der Waals surface area (Å²) < 4.78 is 33.9. The maximum absolute atomic E-state index is 14.9. The van der Waals surface area contributed by atoms with Crippen LogP contribution in [0.25, 0.3) is 33.3 Å². The molecule has 44 heavy (non-hydrogen) atoms. The highest BCUT2D eigenvalue weighted by Gasteiger charge is 2.26. The molecule has 0 saturated heterocycles. The molecule has 8 nitrogen and oxygen atoms in total. The van der Waals surface area contributed by atoms with Gasteiger partial charge in [-0.3, -0.25) is 4.79 Å². The highest BCUT2D eigenvalue weighted by atomic mass is 19.1. The second-order valence-electron chi connectivity index (χ2n) is 12.7. The van der Waals surface area contributed by atoms with Crippen LogP contribution in [-0.4, -0.2) is 27.8 Å². The third-order valence-corrected chi connectivity index (χ3v) is 6.75. The van der Waals surface area contributed by atoms with Gasteiger partial charge in [-0.25, -0.2) is 18.5 Å².